The minimum absolute atomic E-state index is 0.596. The lowest BCUT2D eigenvalue weighted by atomic mass is 10.0. The summed E-state index contributed by atoms with van der Waals surface area (Å²) in [6.07, 6.45) is 1.75. The van der Waals surface area contributed by atoms with Gasteiger partial charge in [0, 0.05) is 48.6 Å². The molecule has 1 aromatic carbocycles. The quantitative estimate of drug-likeness (QED) is 0.452. The van der Waals surface area contributed by atoms with Crippen molar-refractivity contribution in [3.05, 3.63) is 65.2 Å². The van der Waals surface area contributed by atoms with E-state index in [0.717, 1.165) is 56.1 Å². The molecule has 32 heavy (non-hydrogen) atoms. The van der Waals surface area contributed by atoms with E-state index < -0.39 is 0 Å². The Morgan fingerprint density at radius 2 is 1.84 bits per heavy atom. The summed E-state index contributed by atoms with van der Waals surface area (Å²) in [5, 5.41) is 14.0. The first kappa shape index (κ1) is 20.0. The average molecular weight is 428 g/mol. The summed E-state index contributed by atoms with van der Waals surface area (Å²) in [4.78, 5) is 9.00. The molecular weight excluding hydrogens is 402 g/mol. The molecule has 0 amide bonds. The number of hydrogen-bond acceptors (Lipinski definition) is 6. The first-order chi connectivity index (χ1) is 15.4. The molecule has 1 N–H and O–H groups in total. The third-order valence-corrected chi connectivity index (χ3v) is 5.70. The van der Waals surface area contributed by atoms with Crippen molar-refractivity contribution in [2.75, 3.05) is 12.4 Å². The molecule has 0 radical (unpaired) electrons. The van der Waals surface area contributed by atoms with E-state index in [4.69, 9.17) is 14.8 Å². The number of nitrogens with one attached hydrogen (secondary N) is 1. The average Bonchev–Trinajstić information content (AvgIpc) is 3.26. The van der Waals surface area contributed by atoms with E-state index in [2.05, 4.69) is 33.6 Å². The SMILES string of the molecule is COc1cc(CNc2cc(C)nc3c(-c4ccc5c(c4)c(C)nn5C)c(C)nn23)ccn1. The van der Waals surface area contributed by atoms with E-state index in [-0.39, 0.29) is 0 Å². The lowest BCUT2D eigenvalue weighted by Crippen LogP contribution is -2.07. The maximum Gasteiger partial charge on any atom is 0.213 e. The van der Waals surface area contributed by atoms with Crippen molar-refractivity contribution in [2.45, 2.75) is 27.3 Å². The minimum Gasteiger partial charge on any atom is -0.481 e. The van der Waals surface area contributed by atoms with Gasteiger partial charge in [-0.3, -0.25) is 4.68 Å². The highest BCUT2D eigenvalue weighted by atomic mass is 16.5. The summed E-state index contributed by atoms with van der Waals surface area (Å²) in [5.74, 6) is 1.48. The second-order valence-corrected chi connectivity index (χ2v) is 7.98. The van der Waals surface area contributed by atoms with E-state index in [1.807, 2.05) is 55.2 Å². The number of pyridine rings is 1. The topological polar surface area (TPSA) is 82.2 Å². The molecule has 4 aromatic heterocycles. The van der Waals surface area contributed by atoms with Crippen LogP contribution in [0, 0.1) is 20.8 Å². The fourth-order valence-electron chi connectivity index (χ4n) is 4.17. The van der Waals surface area contributed by atoms with Crippen molar-refractivity contribution < 1.29 is 4.74 Å². The predicted molar refractivity (Wildman–Crippen MR) is 125 cm³/mol. The van der Waals surface area contributed by atoms with Gasteiger partial charge in [0.25, 0.3) is 0 Å². The summed E-state index contributed by atoms with van der Waals surface area (Å²) < 4.78 is 9.03. The van der Waals surface area contributed by atoms with Crippen molar-refractivity contribution in [3.63, 3.8) is 0 Å². The fourth-order valence-corrected chi connectivity index (χ4v) is 4.17. The second kappa shape index (κ2) is 7.64. The van der Waals surface area contributed by atoms with Gasteiger partial charge in [0.05, 0.1) is 24.0 Å². The van der Waals surface area contributed by atoms with Gasteiger partial charge in [-0.2, -0.15) is 14.7 Å². The van der Waals surface area contributed by atoms with Crippen LogP contribution in [0.4, 0.5) is 5.82 Å². The smallest absolute Gasteiger partial charge is 0.213 e. The van der Waals surface area contributed by atoms with Crippen LogP contribution in [0.3, 0.4) is 0 Å². The van der Waals surface area contributed by atoms with Gasteiger partial charge in [0.2, 0.25) is 5.88 Å². The number of rotatable bonds is 5. The number of fused-ring (bicyclic) bond motifs is 2. The van der Waals surface area contributed by atoms with Crippen LogP contribution in [0.5, 0.6) is 5.88 Å². The molecule has 0 aliphatic rings. The van der Waals surface area contributed by atoms with Gasteiger partial charge in [0.1, 0.15) is 5.82 Å². The number of nitrogens with zero attached hydrogens (tertiary/aromatic N) is 6. The highest BCUT2D eigenvalue weighted by molar-refractivity contribution is 5.90. The first-order valence-electron chi connectivity index (χ1n) is 10.5. The maximum atomic E-state index is 5.23. The fraction of sp³-hybridized carbons (Fsp3) is 0.250. The zero-order chi connectivity index (χ0) is 22.4. The molecule has 8 heteroatoms. The summed E-state index contributed by atoms with van der Waals surface area (Å²) in [7, 11) is 3.59. The Labute approximate surface area is 185 Å². The third kappa shape index (κ3) is 3.33. The van der Waals surface area contributed by atoms with Crippen LogP contribution in [0.15, 0.2) is 42.6 Å². The predicted octanol–water partition coefficient (Wildman–Crippen LogP) is 4.22. The van der Waals surface area contributed by atoms with Crippen molar-refractivity contribution in [1.29, 1.82) is 0 Å². The molecule has 0 aliphatic carbocycles. The van der Waals surface area contributed by atoms with Crippen LogP contribution in [0.25, 0.3) is 27.7 Å². The molecule has 8 nitrogen and oxygen atoms in total. The molecule has 0 saturated heterocycles. The van der Waals surface area contributed by atoms with E-state index in [1.165, 1.54) is 0 Å². The lowest BCUT2D eigenvalue weighted by Gasteiger charge is -2.10. The molecule has 5 aromatic rings. The number of aryl methyl sites for hydroxylation is 4. The molecule has 162 valence electrons. The van der Waals surface area contributed by atoms with Gasteiger partial charge in [-0.15, -0.1) is 0 Å². The van der Waals surface area contributed by atoms with E-state index in [9.17, 15) is 0 Å². The summed E-state index contributed by atoms with van der Waals surface area (Å²) in [5.41, 5.74) is 8.00. The van der Waals surface area contributed by atoms with Gasteiger partial charge in [-0.1, -0.05) is 6.07 Å². The highest BCUT2D eigenvalue weighted by Gasteiger charge is 2.17. The normalized spacial score (nSPS) is 11.4. The zero-order valence-corrected chi connectivity index (χ0v) is 18.8. The third-order valence-electron chi connectivity index (χ3n) is 5.70. The zero-order valence-electron chi connectivity index (χ0n) is 18.8. The lowest BCUT2D eigenvalue weighted by molar-refractivity contribution is 0.397. The number of anilines is 1. The molecule has 0 saturated carbocycles. The van der Waals surface area contributed by atoms with Crippen molar-refractivity contribution in [1.82, 2.24) is 29.4 Å². The monoisotopic (exact) mass is 427 g/mol. The molecule has 5 rings (SSSR count). The van der Waals surface area contributed by atoms with Crippen LogP contribution in [0.1, 0.15) is 22.6 Å². The van der Waals surface area contributed by atoms with Crippen LogP contribution in [-0.4, -0.2) is 36.5 Å². The molecule has 0 aliphatic heterocycles. The Morgan fingerprint density at radius 3 is 2.66 bits per heavy atom. The molecule has 0 unspecified atom stereocenters. The first-order valence-corrected chi connectivity index (χ1v) is 10.5. The Hall–Kier alpha value is -3.94. The Bertz CT molecular complexity index is 1460. The van der Waals surface area contributed by atoms with Gasteiger partial charge in [-0.05, 0) is 50.1 Å². The molecular formula is C24H25N7O. The summed E-state index contributed by atoms with van der Waals surface area (Å²) >= 11 is 0. The van der Waals surface area contributed by atoms with Crippen LogP contribution in [-0.2, 0) is 13.6 Å². The molecule has 0 spiro atoms. The number of hydrogen-bond donors (Lipinski definition) is 1. The number of benzene rings is 1. The van der Waals surface area contributed by atoms with E-state index in [0.29, 0.717) is 12.4 Å². The second-order valence-electron chi connectivity index (χ2n) is 7.98. The largest absolute Gasteiger partial charge is 0.481 e. The maximum absolute atomic E-state index is 5.23. The van der Waals surface area contributed by atoms with Crippen LogP contribution < -0.4 is 10.1 Å². The van der Waals surface area contributed by atoms with Gasteiger partial charge >= 0.3 is 0 Å². The van der Waals surface area contributed by atoms with Gasteiger partial charge in [-0.25, -0.2) is 9.97 Å². The minimum atomic E-state index is 0.596. The Morgan fingerprint density at radius 1 is 1.00 bits per heavy atom. The number of ether oxygens (including phenoxy) is 1. The highest BCUT2D eigenvalue weighted by Crippen LogP contribution is 2.32. The Balaban J connectivity index is 1.58. The summed E-state index contributed by atoms with van der Waals surface area (Å²) in [6, 6.07) is 12.3. The van der Waals surface area contributed by atoms with Crippen LogP contribution in [0.2, 0.25) is 0 Å². The Kier molecular flexibility index (Phi) is 4.77. The molecule has 4 heterocycles. The van der Waals surface area contributed by atoms with E-state index >= 15 is 0 Å². The number of aromatic nitrogens is 6. The summed E-state index contributed by atoms with van der Waals surface area (Å²) in [6.45, 7) is 6.68. The molecule has 0 fully saturated rings. The van der Waals surface area contributed by atoms with Gasteiger partial charge in [0.15, 0.2) is 5.65 Å². The van der Waals surface area contributed by atoms with Crippen molar-refractivity contribution >= 4 is 22.4 Å². The van der Waals surface area contributed by atoms with Crippen molar-refractivity contribution in [3.8, 4) is 17.0 Å². The van der Waals surface area contributed by atoms with Crippen molar-refractivity contribution in [2.24, 2.45) is 7.05 Å². The molecule has 0 bridgehead atoms. The van der Waals surface area contributed by atoms with E-state index in [1.54, 1.807) is 13.3 Å². The van der Waals surface area contributed by atoms with Gasteiger partial charge < -0.3 is 10.1 Å². The van der Waals surface area contributed by atoms with Crippen LogP contribution >= 0.6 is 0 Å². The number of methoxy groups -OCH3 is 1. The standard InChI is InChI=1S/C24H25N7O/c1-14-10-21(26-13-17-8-9-25-22(11-17)32-5)31-24(27-14)23(16(3)29-31)18-6-7-20-19(12-18)15(2)28-30(20)4/h6-12,26H,13H2,1-5H3. The molecule has 0 atom stereocenters.